The fourth-order valence-corrected chi connectivity index (χ4v) is 2.93. The number of hydrogen-bond acceptors (Lipinski definition) is 10. The highest BCUT2D eigenvalue weighted by Gasteiger charge is 2.48. The van der Waals surface area contributed by atoms with Gasteiger partial charge in [-0.1, -0.05) is 0 Å². The van der Waals surface area contributed by atoms with Crippen LogP contribution < -0.4 is 5.32 Å². The van der Waals surface area contributed by atoms with E-state index in [1.165, 1.54) is 6.92 Å². The normalized spacial score (nSPS) is 45.2. The summed E-state index contributed by atoms with van der Waals surface area (Å²) in [7, 11) is 0. The van der Waals surface area contributed by atoms with Gasteiger partial charge < -0.3 is 50.2 Å². The maximum atomic E-state index is 11.3. The van der Waals surface area contributed by atoms with Crippen LogP contribution in [0.4, 0.5) is 0 Å². The molecule has 2 saturated heterocycles. The molecular formula is C14H25NO10. The van der Waals surface area contributed by atoms with Crippen LogP contribution in [-0.2, 0) is 19.0 Å². The molecule has 0 aromatic heterocycles. The molecule has 2 aliphatic heterocycles. The fraction of sp³-hybridized carbons (Fsp3) is 0.929. The molecular weight excluding hydrogens is 342 g/mol. The van der Waals surface area contributed by atoms with Gasteiger partial charge in [0, 0.05) is 6.92 Å². The van der Waals surface area contributed by atoms with Gasteiger partial charge in [0.05, 0.1) is 25.9 Å². The molecule has 0 aliphatic carbocycles. The lowest BCUT2D eigenvalue weighted by molar-refractivity contribution is -0.328. The molecule has 0 spiro atoms. The zero-order chi connectivity index (χ0) is 18.7. The molecule has 0 bridgehead atoms. The molecule has 2 heterocycles. The molecule has 7 N–H and O–H groups in total. The van der Waals surface area contributed by atoms with Crippen LogP contribution in [0, 0.1) is 0 Å². The van der Waals surface area contributed by atoms with E-state index in [0.29, 0.717) is 0 Å². The molecule has 11 heteroatoms. The minimum absolute atomic E-state index is 0.0655. The Morgan fingerprint density at radius 2 is 1.68 bits per heavy atom. The number of rotatable bonds is 5. The van der Waals surface area contributed by atoms with Gasteiger partial charge >= 0.3 is 0 Å². The van der Waals surface area contributed by atoms with Crippen LogP contribution in [-0.4, -0.2) is 111 Å². The highest BCUT2D eigenvalue weighted by molar-refractivity contribution is 5.73. The predicted octanol–water partition coefficient (Wildman–Crippen LogP) is -4.57. The highest BCUT2D eigenvalue weighted by atomic mass is 16.7. The van der Waals surface area contributed by atoms with E-state index in [1.807, 2.05) is 0 Å². The van der Waals surface area contributed by atoms with Crippen LogP contribution in [0.2, 0.25) is 0 Å². The summed E-state index contributed by atoms with van der Waals surface area (Å²) in [5, 5.41) is 60.9. The third kappa shape index (κ3) is 4.45. The summed E-state index contributed by atoms with van der Waals surface area (Å²) in [5.41, 5.74) is 0. The van der Waals surface area contributed by atoms with Gasteiger partial charge in [0.1, 0.15) is 42.7 Å². The highest BCUT2D eigenvalue weighted by Crippen LogP contribution is 2.27. The Morgan fingerprint density at radius 3 is 2.24 bits per heavy atom. The summed E-state index contributed by atoms with van der Waals surface area (Å²) in [6.45, 7) is 0.0669. The van der Waals surface area contributed by atoms with Crippen LogP contribution in [0.3, 0.4) is 0 Å². The number of carbonyl (C=O) groups is 1. The first-order chi connectivity index (χ1) is 11.8. The SMILES string of the molecule is CC(=O)NC1COC(CO)C(O)C1OC1OC(CO)C(O)C(O)C1O. The second-order valence-electron chi connectivity index (χ2n) is 6.15. The second kappa shape index (κ2) is 8.66. The standard InChI is InChI=1S/C14H25NO10/c1-5(18)15-6-4-23-7(2-16)10(20)13(6)25-14-12(22)11(21)9(19)8(3-17)24-14/h6-14,16-17,19-22H,2-4H2,1H3,(H,15,18). The number of carbonyl (C=O) groups excluding carboxylic acids is 1. The van der Waals surface area contributed by atoms with Crippen molar-refractivity contribution < 1.29 is 49.6 Å². The molecule has 0 aromatic rings. The van der Waals surface area contributed by atoms with E-state index < -0.39 is 74.2 Å². The Labute approximate surface area is 143 Å². The number of ether oxygens (including phenoxy) is 3. The largest absolute Gasteiger partial charge is 0.394 e. The summed E-state index contributed by atoms with van der Waals surface area (Å²) in [6, 6.07) is -0.803. The number of nitrogens with one attached hydrogen (secondary N) is 1. The van der Waals surface area contributed by atoms with Crippen molar-refractivity contribution in [3.63, 3.8) is 0 Å². The second-order valence-corrected chi connectivity index (χ2v) is 6.15. The van der Waals surface area contributed by atoms with E-state index in [9.17, 15) is 35.4 Å². The lowest BCUT2D eigenvalue weighted by Gasteiger charge is -2.45. The zero-order valence-electron chi connectivity index (χ0n) is 13.6. The number of amides is 1. The van der Waals surface area contributed by atoms with E-state index in [2.05, 4.69) is 5.32 Å². The van der Waals surface area contributed by atoms with Crippen molar-refractivity contribution in [1.82, 2.24) is 5.32 Å². The summed E-state index contributed by atoms with van der Waals surface area (Å²) >= 11 is 0. The fourth-order valence-electron chi connectivity index (χ4n) is 2.93. The Balaban J connectivity index is 2.15. The van der Waals surface area contributed by atoms with Crippen molar-refractivity contribution in [2.45, 2.75) is 62.0 Å². The smallest absolute Gasteiger partial charge is 0.217 e. The molecule has 0 radical (unpaired) electrons. The Hall–Kier alpha value is -0.890. The molecule has 11 nitrogen and oxygen atoms in total. The average molecular weight is 367 g/mol. The first-order valence-corrected chi connectivity index (χ1v) is 7.93. The van der Waals surface area contributed by atoms with Crippen molar-refractivity contribution in [3.8, 4) is 0 Å². The molecule has 1 amide bonds. The maximum absolute atomic E-state index is 11.3. The molecule has 2 rings (SSSR count). The molecule has 25 heavy (non-hydrogen) atoms. The van der Waals surface area contributed by atoms with Crippen LogP contribution in [0.1, 0.15) is 6.92 Å². The minimum Gasteiger partial charge on any atom is -0.394 e. The van der Waals surface area contributed by atoms with E-state index >= 15 is 0 Å². The van der Waals surface area contributed by atoms with Gasteiger partial charge in [-0.05, 0) is 0 Å². The van der Waals surface area contributed by atoms with E-state index in [-0.39, 0.29) is 6.61 Å². The summed E-state index contributed by atoms with van der Waals surface area (Å²) in [4.78, 5) is 11.3. The van der Waals surface area contributed by atoms with Crippen LogP contribution in [0.15, 0.2) is 0 Å². The van der Waals surface area contributed by atoms with Gasteiger partial charge in [-0.3, -0.25) is 4.79 Å². The third-order valence-corrected chi connectivity index (χ3v) is 4.31. The summed E-state index contributed by atoms with van der Waals surface area (Å²) in [6.07, 6.45) is -11.0. The quantitative estimate of drug-likeness (QED) is 0.250. The molecule has 2 fully saturated rings. The Morgan fingerprint density at radius 1 is 1.04 bits per heavy atom. The number of aliphatic hydroxyl groups is 6. The van der Waals surface area contributed by atoms with Crippen LogP contribution in [0.25, 0.3) is 0 Å². The predicted molar refractivity (Wildman–Crippen MR) is 79.1 cm³/mol. The Kier molecular flexibility index (Phi) is 7.08. The minimum atomic E-state index is -1.65. The van der Waals surface area contributed by atoms with Gasteiger partial charge in [0.15, 0.2) is 6.29 Å². The topological polar surface area (TPSA) is 178 Å². The summed E-state index contributed by atoms with van der Waals surface area (Å²) < 4.78 is 16.0. The third-order valence-electron chi connectivity index (χ3n) is 4.31. The molecule has 9 atom stereocenters. The van der Waals surface area contributed by atoms with Crippen molar-refractivity contribution in [2.75, 3.05) is 19.8 Å². The lowest BCUT2D eigenvalue weighted by atomic mass is 9.96. The summed E-state index contributed by atoms with van der Waals surface area (Å²) in [5.74, 6) is -0.411. The maximum Gasteiger partial charge on any atom is 0.217 e. The lowest BCUT2D eigenvalue weighted by Crippen LogP contribution is -2.65. The van der Waals surface area contributed by atoms with Crippen molar-refractivity contribution >= 4 is 5.91 Å². The first-order valence-electron chi connectivity index (χ1n) is 7.93. The van der Waals surface area contributed by atoms with Crippen molar-refractivity contribution in [3.05, 3.63) is 0 Å². The Bertz CT molecular complexity index is 449. The van der Waals surface area contributed by atoms with Gasteiger partial charge in [-0.25, -0.2) is 0 Å². The molecule has 9 unspecified atom stereocenters. The monoisotopic (exact) mass is 367 g/mol. The van der Waals surface area contributed by atoms with Crippen molar-refractivity contribution in [1.29, 1.82) is 0 Å². The molecule has 2 aliphatic rings. The average Bonchev–Trinajstić information content (AvgIpc) is 2.57. The molecule has 0 aromatic carbocycles. The van der Waals surface area contributed by atoms with Gasteiger partial charge in [0.25, 0.3) is 0 Å². The number of hydrogen-bond donors (Lipinski definition) is 7. The van der Waals surface area contributed by atoms with Gasteiger partial charge in [0.2, 0.25) is 5.91 Å². The molecule has 0 saturated carbocycles. The van der Waals surface area contributed by atoms with E-state index in [0.717, 1.165) is 0 Å². The van der Waals surface area contributed by atoms with Crippen LogP contribution >= 0.6 is 0 Å². The van der Waals surface area contributed by atoms with Crippen molar-refractivity contribution in [2.24, 2.45) is 0 Å². The van der Waals surface area contributed by atoms with E-state index in [4.69, 9.17) is 14.2 Å². The van der Waals surface area contributed by atoms with E-state index in [1.54, 1.807) is 0 Å². The van der Waals surface area contributed by atoms with Gasteiger partial charge in [-0.2, -0.15) is 0 Å². The zero-order valence-corrected chi connectivity index (χ0v) is 13.6. The first kappa shape index (κ1) is 20.4. The van der Waals surface area contributed by atoms with Crippen LogP contribution in [0.5, 0.6) is 0 Å². The number of aliphatic hydroxyl groups excluding tert-OH is 6. The molecule has 146 valence electrons. The van der Waals surface area contributed by atoms with Gasteiger partial charge in [-0.15, -0.1) is 0 Å².